The Kier molecular flexibility index (Phi) is 4.84. The molecule has 1 unspecified atom stereocenters. The van der Waals surface area contributed by atoms with Crippen molar-refractivity contribution >= 4 is 27.5 Å². The molecule has 4 heteroatoms. The zero-order valence-corrected chi connectivity index (χ0v) is 13.4. The fourth-order valence-electron chi connectivity index (χ4n) is 2.23. The van der Waals surface area contributed by atoms with Gasteiger partial charge in [0.05, 0.1) is 5.60 Å². The quantitative estimate of drug-likeness (QED) is 0.809. The molecule has 0 radical (unpaired) electrons. The van der Waals surface area contributed by atoms with Gasteiger partial charge in [0.2, 0.25) is 0 Å². The van der Waals surface area contributed by atoms with Crippen molar-refractivity contribution in [1.29, 1.82) is 0 Å². The van der Waals surface area contributed by atoms with Crippen molar-refractivity contribution < 1.29 is 9.50 Å². The summed E-state index contributed by atoms with van der Waals surface area (Å²) in [6.45, 7) is 1.83. The number of halogens is 3. The molecule has 2 aromatic carbocycles. The average Bonchev–Trinajstić information content (AvgIpc) is 2.42. The van der Waals surface area contributed by atoms with Crippen LogP contribution in [0.1, 0.15) is 24.5 Å². The summed E-state index contributed by atoms with van der Waals surface area (Å²) in [6, 6.07) is 11.8. The molecule has 0 amide bonds. The Hall–Kier alpha value is -0.900. The molecule has 0 aliphatic rings. The third kappa shape index (κ3) is 3.22. The lowest BCUT2D eigenvalue weighted by Crippen LogP contribution is -2.29. The zero-order chi connectivity index (χ0) is 14.8. The Labute approximate surface area is 131 Å². The van der Waals surface area contributed by atoms with Gasteiger partial charge in [0.15, 0.2) is 0 Å². The van der Waals surface area contributed by atoms with Crippen molar-refractivity contribution in [1.82, 2.24) is 0 Å². The topological polar surface area (TPSA) is 20.2 Å². The first-order chi connectivity index (χ1) is 9.46. The van der Waals surface area contributed by atoms with Crippen LogP contribution in [-0.2, 0) is 12.0 Å². The van der Waals surface area contributed by atoms with Gasteiger partial charge in [-0.3, -0.25) is 0 Å². The second-order valence-corrected chi connectivity index (χ2v) is 6.10. The highest BCUT2D eigenvalue weighted by atomic mass is 79.9. The summed E-state index contributed by atoms with van der Waals surface area (Å²) in [5.41, 5.74) is -0.160. The molecule has 1 nitrogen and oxygen atoms in total. The number of benzene rings is 2. The summed E-state index contributed by atoms with van der Waals surface area (Å²) in [5.74, 6) is -0.398. The SMILES string of the molecule is CCC(O)(Cc1ccc(Br)cc1Cl)c1ccccc1F. The van der Waals surface area contributed by atoms with Crippen molar-refractivity contribution in [2.24, 2.45) is 0 Å². The average molecular weight is 358 g/mol. The van der Waals surface area contributed by atoms with Crippen LogP contribution in [0.2, 0.25) is 5.02 Å². The van der Waals surface area contributed by atoms with E-state index in [1.54, 1.807) is 24.3 Å². The molecule has 20 heavy (non-hydrogen) atoms. The molecular formula is C16H15BrClFO. The molecule has 0 aliphatic carbocycles. The predicted octanol–water partition coefficient (Wildman–Crippen LogP) is 5.08. The predicted molar refractivity (Wildman–Crippen MR) is 83.4 cm³/mol. The Balaban J connectivity index is 2.39. The highest BCUT2D eigenvalue weighted by Gasteiger charge is 2.31. The normalized spacial score (nSPS) is 14.1. The van der Waals surface area contributed by atoms with Crippen LogP contribution in [0.15, 0.2) is 46.9 Å². The standard InChI is InChI=1S/C16H15BrClFO/c1-2-16(20,13-5-3-4-6-15(13)19)10-11-7-8-12(17)9-14(11)18/h3-9,20H,2,10H2,1H3. The zero-order valence-electron chi connectivity index (χ0n) is 11.0. The molecule has 0 saturated heterocycles. The smallest absolute Gasteiger partial charge is 0.129 e. The Morgan fingerprint density at radius 2 is 1.95 bits per heavy atom. The maximum atomic E-state index is 13.9. The first kappa shape index (κ1) is 15.5. The van der Waals surface area contributed by atoms with E-state index < -0.39 is 11.4 Å². The van der Waals surface area contributed by atoms with E-state index in [0.717, 1.165) is 10.0 Å². The lowest BCUT2D eigenvalue weighted by atomic mass is 9.85. The third-order valence-corrected chi connectivity index (χ3v) is 4.30. The molecule has 0 fully saturated rings. The minimum absolute atomic E-state index is 0.274. The van der Waals surface area contributed by atoms with Crippen molar-refractivity contribution in [2.75, 3.05) is 0 Å². The molecular weight excluding hydrogens is 343 g/mol. The largest absolute Gasteiger partial charge is 0.385 e. The summed E-state index contributed by atoms with van der Waals surface area (Å²) < 4.78 is 14.8. The van der Waals surface area contributed by atoms with Crippen molar-refractivity contribution in [3.63, 3.8) is 0 Å². The molecule has 0 spiro atoms. The van der Waals surface area contributed by atoms with Crippen LogP contribution in [0.4, 0.5) is 4.39 Å². The van der Waals surface area contributed by atoms with E-state index in [9.17, 15) is 9.50 Å². The van der Waals surface area contributed by atoms with Gasteiger partial charge < -0.3 is 5.11 Å². The summed E-state index contributed by atoms with van der Waals surface area (Å²) in [6.07, 6.45) is 0.677. The highest BCUT2D eigenvalue weighted by molar-refractivity contribution is 9.10. The van der Waals surface area contributed by atoms with Gasteiger partial charge in [-0.2, -0.15) is 0 Å². The van der Waals surface area contributed by atoms with Crippen LogP contribution in [-0.4, -0.2) is 5.11 Å². The minimum atomic E-state index is -1.26. The summed E-state index contributed by atoms with van der Waals surface area (Å²) in [5, 5.41) is 11.4. The van der Waals surface area contributed by atoms with Crippen LogP contribution >= 0.6 is 27.5 Å². The lowest BCUT2D eigenvalue weighted by Gasteiger charge is -2.28. The highest BCUT2D eigenvalue weighted by Crippen LogP contribution is 2.33. The van der Waals surface area contributed by atoms with Gasteiger partial charge in [-0.25, -0.2) is 4.39 Å². The van der Waals surface area contributed by atoms with Gasteiger partial charge >= 0.3 is 0 Å². The van der Waals surface area contributed by atoms with E-state index in [0.29, 0.717) is 17.0 Å². The van der Waals surface area contributed by atoms with Gasteiger partial charge in [-0.05, 0) is 30.2 Å². The van der Waals surface area contributed by atoms with Crippen LogP contribution < -0.4 is 0 Å². The molecule has 0 bridgehead atoms. The maximum Gasteiger partial charge on any atom is 0.129 e. The van der Waals surface area contributed by atoms with Crippen molar-refractivity contribution in [2.45, 2.75) is 25.4 Å². The van der Waals surface area contributed by atoms with Crippen LogP contribution in [0.3, 0.4) is 0 Å². The number of rotatable bonds is 4. The van der Waals surface area contributed by atoms with Crippen molar-refractivity contribution in [3.8, 4) is 0 Å². The fraction of sp³-hybridized carbons (Fsp3) is 0.250. The summed E-state index contributed by atoms with van der Waals surface area (Å²) in [4.78, 5) is 0. The molecule has 0 heterocycles. The second kappa shape index (κ2) is 6.25. The van der Waals surface area contributed by atoms with Gasteiger partial charge in [-0.1, -0.05) is 58.7 Å². The molecule has 0 saturated carbocycles. The Morgan fingerprint density at radius 3 is 2.55 bits per heavy atom. The minimum Gasteiger partial charge on any atom is -0.385 e. The molecule has 2 aromatic rings. The van der Waals surface area contributed by atoms with Crippen LogP contribution in [0.5, 0.6) is 0 Å². The second-order valence-electron chi connectivity index (χ2n) is 4.78. The van der Waals surface area contributed by atoms with E-state index in [2.05, 4.69) is 15.9 Å². The maximum absolute atomic E-state index is 13.9. The Bertz CT molecular complexity index is 617. The van der Waals surface area contributed by atoms with Crippen LogP contribution in [0, 0.1) is 5.82 Å². The molecule has 1 atom stereocenters. The first-order valence-corrected chi connectivity index (χ1v) is 7.54. The molecule has 2 rings (SSSR count). The van der Waals surface area contributed by atoms with E-state index in [4.69, 9.17) is 11.6 Å². The van der Waals surface area contributed by atoms with E-state index in [-0.39, 0.29) is 6.42 Å². The monoisotopic (exact) mass is 356 g/mol. The molecule has 106 valence electrons. The van der Waals surface area contributed by atoms with Gasteiger partial charge in [0, 0.05) is 21.5 Å². The lowest BCUT2D eigenvalue weighted by molar-refractivity contribution is 0.0292. The number of aliphatic hydroxyl groups is 1. The summed E-state index contributed by atoms with van der Waals surface area (Å²) in [7, 11) is 0. The van der Waals surface area contributed by atoms with Crippen molar-refractivity contribution in [3.05, 3.63) is 68.9 Å². The van der Waals surface area contributed by atoms with E-state index in [1.807, 2.05) is 19.1 Å². The van der Waals surface area contributed by atoms with Gasteiger partial charge in [0.25, 0.3) is 0 Å². The molecule has 0 aliphatic heterocycles. The third-order valence-electron chi connectivity index (χ3n) is 3.46. The van der Waals surface area contributed by atoms with Gasteiger partial charge in [-0.15, -0.1) is 0 Å². The van der Waals surface area contributed by atoms with E-state index >= 15 is 0 Å². The molecule has 0 aromatic heterocycles. The summed E-state index contributed by atoms with van der Waals surface area (Å²) >= 11 is 9.53. The molecule has 1 N–H and O–H groups in total. The van der Waals surface area contributed by atoms with Gasteiger partial charge in [0.1, 0.15) is 5.82 Å². The number of hydrogen-bond acceptors (Lipinski definition) is 1. The van der Waals surface area contributed by atoms with Crippen LogP contribution in [0.25, 0.3) is 0 Å². The number of hydrogen-bond donors (Lipinski definition) is 1. The first-order valence-electron chi connectivity index (χ1n) is 6.37. The van der Waals surface area contributed by atoms with E-state index in [1.165, 1.54) is 6.07 Å². The Morgan fingerprint density at radius 1 is 1.25 bits per heavy atom. The fourth-order valence-corrected chi connectivity index (χ4v) is 2.97.